The Morgan fingerprint density at radius 3 is 3.00 bits per heavy atom. The molecule has 3 heterocycles. The van der Waals surface area contributed by atoms with Gasteiger partial charge in [-0.2, -0.15) is 16.3 Å². The molecular weight excluding hydrogens is 284 g/mol. The van der Waals surface area contributed by atoms with E-state index in [1.165, 1.54) is 6.26 Å². The Labute approximate surface area is 115 Å². The third-order valence-electron chi connectivity index (χ3n) is 2.55. The zero-order chi connectivity index (χ0) is 13.2. The van der Waals surface area contributed by atoms with Crippen molar-refractivity contribution >= 4 is 22.1 Å². The zero-order valence-corrected chi connectivity index (χ0v) is 11.7. The van der Waals surface area contributed by atoms with Crippen molar-refractivity contribution in [2.45, 2.75) is 17.6 Å². The molecule has 0 aliphatic heterocycles. The zero-order valence-electron chi connectivity index (χ0n) is 10.0. The molecule has 7 heteroatoms. The Bertz CT molecular complexity index is 700. The summed E-state index contributed by atoms with van der Waals surface area (Å²) in [6.45, 7) is 1.78. The van der Waals surface area contributed by atoms with Crippen molar-refractivity contribution in [2.24, 2.45) is 0 Å². The van der Waals surface area contributed by atoms with Crippen LogP contribution >= 0.6 is 11.3 Å². The highest BCUT2D eigenvalue weighted by atomic mass is 32.2. The van der Waals surface area contributed by atoms with Crippen molar-refractivity contribution in [3.8, 4) is 11.5 Å². The highest BCUT2D eigenvalue weighted by Gasteiger charge is 2.15. The van der Waals surface area contributed by atoms with E-state index in [9.17, 15) is 4.21 Å². The fraction of sp³-hybridized carbons (Fsp3) is 0.167. The smallest absolute Gasteiger partial charge is 0.258 e. The molecule has 0 fully saturated rings. The molecule has 0 aromatic carbocycles. The Morgan fingerprint density at radius 1 is 1.42 bits per heavy atom. The number of aryl methyl sites for hydroxylation is 1. The topological polar surface area (TPSA) is 69.1 Å². The van der Waals surface area contributed by atoms with E-state index in [1.807, 2.05) is 16.8 Å². The number of furan rings is 1. The SMILES string of the molecule is Cc1occc1S(=O)Cc1noc(-c2ccsc2)n1. The van der Waals surface area contributed by atoms with E-state index < -0.39 is 10.8 Å². The molecule has 0 amide bonds. The molecule has 0 spiro atoms. The maximum absolute atomic E-state index is 12.1. The number of hydrogen-bond donors (Lipinski definition) is 0. The summed E-state index contributed by atoms with van der Waals surface area (Å²) in [6, 6.07) is 3.60. The minimum atomic E-state index is -1.22. The average Bonchev–Trinajstić information content (AvgIpc) is 3.07. The van der Waals surface area contributed by atoms with E-state index in [0.29, 0.717) is 22.4 Å². The molecule has 0 radical (unpaired) electrons. The molecule has 98 valence electrons. The van der Waals surface area contributed by atoms with Gasteiger partial charge in [0, 0.05) is 5.38 Å². The van der Waals surface area contributed by atoms with Crippen LogP contribution in [0.3, 0.4) is 0 Å². The quantitative estimate of drug-likeness (QED) is 0.740. The van der Waals surface area contributed by atoms with Crippen LogP contribution < -0.4 is 0 Å². The Kier molecular flexibility index (Phi) is 3.31. The summed E-state index contributed by atoms with van der Waals surface area (Å²) in [5.41, 5.74) is 0.883. The largest absolute Gasteiger partial charge is 0.468 e. The van der Waals surface area contributed by atoms with E-state index in [-0.39, 0.29) is 5.75 Å². The first-order valence-corrected chi connectivity index (χ1v) is 7.78. The number of thiophene rings is 1. The monoisotopic (exact) mass is 294 g/mol. The first-order valence-electron chi connectivity index (χ1n) is 5.51. The molecule has 0 N–H and O–H groups in total. The number of aromatic nitrogens is 2. The van der Waals surface area contributed by atoms with Gasteiger partial charge in [-0.1, -0.05) is 5.16 Å². The van der Waals surface area contributed by atoms with Crippen LogP contribution in [0.25, 0.3) is 11.5 Å². The second-order valence-electron chi connectivity index (χ2n) is 3.86. The maximum atomic E-state index is 12.1. The maximum Gasteiger partial charge on any atom is 0.258 e. The lowest BCUT2D eigenvalue weighted by molar-refractivity contribution is 0.425. The van der Waals surface area contributed by atoms with Gasteiger partial charge in [0.25, 0.3) is 5.89 Å². The molecule has 0 aliphatic carbocycles. The molecule has 0 saturated heterocycles. The average molecular weight is 294 g/mol. The lowest BCUT2D eigenvalue weighted by Crippen LogP contribution is -1.98. The van der Waals surface area contributed by atoms with Gasteiger partial charge in [0.1, 0.15) is 5.76 Å². The van der Waals surface area contributed by atoms with Crippen molar-refractivity contribution < 1.29 is 13.1 Å². The minimum Gasteiger partial charge on any atom is -0.468 e. The second-order valence-corrected chi connectivity index (χ2v) is 6.06. The number of hydrogen-bond acceptors (Lipinski definition) is 6. The molecule has 1 atom stereocenters. The molecule has 1 unspecified atom stereocenters. The van der Waals surface area contributed by atoms with Crippen LogP contribution in [0.5, 0.6) is 0 Å². The summed E-state index contributed by atoms with van der Waals surface area (Å²) < 4.78 is 22.4. The van der Waals surface area contributed by atoms with Crippen molar-refractivity contribution in [3.05, 3.63) is 40.7 Å². The number of nitrogens with zero attached hydrogens (tertiary/aromatic N) is 2. The minimum absolute atomic E-state index is 0.216. The third kappa shape index (κ3) is 2.52. The van der Waals surface area contributed by atoms with Crippen molar-refractivity contribution in [1.29, 1.82) is 0 Å². The predicted octanol–water partition coefficient (Wildman–Crippen LogP) is 3.01. The highest BCUT2D eigenvalue weighted by molar-refractivity contribution is 7.84. The standard InChI is InChI=1S/C12H10N2O3S2/c1-8-10(2-4-16-8)19(15)7-11-13-12(17-14-11)9-3-5-18-6-9/h2-6H,7H2,1H3. The first-order chi connectivity index (χ1) is 9.24. The highest BCUT2D eigenvalue weighted by Crippen LogP contribution is 2.21. The van der Waals surface area contributed by atoms with Gasteiger partial charge in [-0.05, 0) is 24.4 Å². The van der Waals surface area contributed by atoms with E-state index in [1.54, 1.807) is 24.3 Å². The number of rotatable bonds is 4. The molecule has 3 aromatic rings. The van der Waals surface area contributed by atoms with Crippen LogP contribution in [0.4, 0.5) is 0 Å². The normalized spacial score (nSPS) is 12.7. The van der Waals surface area contributed by atoms with Crippen molar-refractivity contribution in [2.75, 3.05) is 0 Å². The molecule has 19 heavy (non-hydrogen) atoms. The van der Waals surface area contributed by atoms with Crippen molar-refractivity contribution in [3.63, 3.8) is 0 Å². The Hall–Kier alpha value is -1.73. The second kappa shape index (κ2) is 5.10. The molecular formula is C12H10N2O3S2. The van der Waals surface area contributed by atoms with E-state index in [0.717, 1.165) is 5.56 Å². The van der Waals surface area contributed by atoms with Gasteiger partial charge in [-0.3, -0.25) is 4.21 Å². The van der Waals surface area contributed by atoms with Gasteiger partial charge >= 0.3 is 0 Å². The van der Waals surface area contributed by atoms with Gasteiger partial charge in [-0.25, -0.2) is 0 Å². The summed E-state index contributed by atoms with van der Waals surface area (Å²) in [7, 11) is -1.22. The summed E-state index contributed by atoms with van der Waals surface area (Å²) in [5.74, 6) is 1.76. The van der Waals surface area contributed by atoms with Crippen LogP contribution in [-0.4, -0.2) is 14.3 Å². The summed E-state index contributed by atoms with van der Waals surface area (Å²) in [5, 5.41) is 7.71. The van der Waals surface area contributed by atoms with Gasteiger partial charge < -0.3 is 8.94 Å². The van der Waals surface area contributed by atoms with Gasteiger partial charge in [0.2, 0.25) is 0 Å². The van der Waals surface area contributed by atoms with Gasteiger partial charge in [0.15, 0.2) is 5.82 Å². The van der Waals surface area contributed by atoms with Crippen LogP contribution in [0.15, 0.2) is 43.0 Å². The summed E-state index contributed by atoms with van der Waals surface area (Å²) in [4.78, 5) is 4.91. The molecule has 0 aliphatic rings. The fourth-order valence-electron chi connectivity index (χ4n) is 1.62. The molecule has 0 saturated carbocycles. The lowest BCUT2D eigenvalue weighted by Gasteiger charge is -1.95. The Morgan fingerprint density at radius 2 is 2.32 bits per heavy atom. The van der Waals surface area contributed by atoms with Crippen LogP contribution in [-0.2, 0) is 16.6 Å². The third-order valence-corrected chi connectivity index (χ3v) is 4.67. The molecule has 3 aromatic heterocycles. The van der Waals surface area contributed by atoms with Gasteiger partial charge in [-0.15, -0.1) is 0 Å². The van der Waals surface area contributed by atoms with Crippen LogP contribution in [0.2, 0.25) is 0 Å². The van der Waals surface area contributed by atoms with Crippen molar-refractivity contribution in [1.82, 2.24) is 10.1 Å². The van der Waals surface area contributed by atoms with E-state index >= 15 is 0 Å². The Balaban J connectivity index is 1.78. The molecule has 0 bridgehead atoms. The van der Waals surface area contributed by atoms with Crippen LogP contribution in [0, 0.1) is 6.92 Å². The van der Waals surface area contributed by atoms with Crippen LogP contribution in [0.1, 0.15) is 11.6 Å². The lowest BCUT2D eigenvalue weighted by atomic mass is 10.3. The summed E-state index contributed by atoms with van der Waals surface area (Å²) in [6.07, 6.45) is 1.52. The first kappa shape index (κ1) is 12.3. The summed E-state index contributed by atoms with van der Waals surface area (Å²) >= 11 is 1.56. The van der Waals surface area contributed by atoms with Gasteiger partial charge in [0.05, 0.1) is 33.3 Å². The fourth-order valence-corrected chi connectivity index (χ4v) is 3.33. The molecule has 5 nitrogen and oxygen atoms in total. The molecule has 3 rings (SSSR count). The van der Waals surface area contributed by atoms with E-state index in [2.05, 4.69) is 10.1 Å². The van der Waals surface area contributed by atoms with E-state index in [4.69, 9.17) is 8.94 Å². The predicted molar refractivity (Wildman–Crippen MR) is 71.2 cm³/mol.